The zero-order valence-corrected chi connectivity index (χ0v) is 8.36. The summed E-state index contributed by atoms with van der Waals surface area (Å²) in [5.41, 5.74) is 0. The van der Waals surface area contributed by atoms with E-state index in [1.54, 1.807) is 0 Å². The van der Waals surface area contributed by atoms with Gasteiger partial charge in [-0.15, -0.1) is 0 Å². The Morgan fingerprint density at radius 2 is 1.33 bits per heavy atom. The molecule has 12 heavy (non-hydrogen) atoms. The van der Waals surface area contributed by atoms with Gasteiger partial charge in [0.25, 0.3) is 0 Å². The summed E-state index contributed by atoms with van der Waals surface area (Å²) in [5.74, 6) is 0. The Labute approximate surface area is 78.8 Å². The van der Waals surface area contributed by atoms with Crippen LogP contribution in [0.1, 0.15) is 57.8 Å². The van der Waals surface area contributed by atoms with Crippen molar-refractivity contribution in [2.75, 3.05) is 0 Å². The lowest BCUT2D eigenvalue weighted by molar-refractivity contribution is 0.609. The van der Waals surface area contributed by atoms with Crippen molar-refractivity contribution in [2.24, 2.45) is 0 Å². The van der Waals surface area contributed by atoms with Gasteiger partial charge in [0.05, 0.1) is 0 Å². The van der Waals surface area contributed by atoms with Crippen molar-refractivity contribution in [3.05, 3.63) is 20.3 Å². The Morgan fingerprint density at radius 1 is 0.667 bits per heavy atom. The van der Waals surface area contributed by atoms with Crippen LogP contribution in [0.5, 0.6) is 0 Å². The van der Waals surface area contributed by atoms with Crippen molar-refractivity contribution in [3.8, 4) is 0 Å². The van der Waals surface area contributed by atoms with Crippen molar-refractivity contribution in [1.29, 1.82) is 0 Å². The number of rotatable bonds is 9. The summed E-state index contributed by atoms with van der Waals surface area (Å²) in [7, 11) is 0. The molecule has 0 saturated carbocycles. The highest BCUT2D eigenvalue weighted by atomic mass is 14.0. The molecule has 0 heteroatoms. The van der Waals surface area contributed by atoms with Gasteiger partial charge in [0.2, 0.25) is 0 Å². The van der Waals surface area contributed by atoms with E-state index in [1.165, 1.54) is 44.9 Å². The molecule has 0 bridgehead atoms. The van der Waals surface area contributed by atoms with Crippen LogP contribution in [0.2, 0.25) is 0 Å². The molecule has 0 aliphatic rings. The lowest BCUT2D eigenvalue weighted by Gasteiger charge is -1.99. The van der Waals surface area contributed by atoms with E-state index >= 15 is 0 Å². The third-order valence-electron chi connectivity index (χ3n) is 2.07. The summed E-state index contributed by atoms with van der Waals surface area (Å²) >= 11 is 0. The zero-order valence-electron chi connectivity index (χ0n) is 8.36. The van der Waals surface area contributed by atoms with Crippen LogP contribution in [0.25, 0.3) is 0 Å². The minimum Gasteiger partial charge on any atom is -0.0533 e. The van der Waals surface area contributed by atoms with Gasteiger partial charge in [-0.25, -0.2) is 0 Å². The largest absolute Gasteiger partial charge is 0.0533 e. The third-order valence-corrected chi connectivity index (χ3v) is 2.07. The second-order valence-corrected chi connectivity index (χ2v) is 3.34. The summed E-state index contributed by atoms with van der Waals surface area (Å²) in [5, 5.41) is 0. The monoisotopic (exact) mass is 167 g/mol. The first-order valence-corrected chi connectivity index (χ1v) is 5.32. The normalized spacial score (nSPS) is 10.5. The smallest absolute Gasteiger partial charge is 0.0386 e. The highest BCUT2D eigenvalue weighted by molar-refractivity contribution is 4.64. The molecule has 0 nitrogen and oxygen atoms in total. The average molecular weight is 167 g/mol. The molecule has 0 heterocycles. The summed E-state index contributed by atoms with van der Waals surface area (Å²) < 4.78 is 0. The molecule has 71 valence electrons. The van der Waals surface area contributed by atoms with Gasteiger partial charge >= 0.3 is 0 Å². The quantitative estimate of drug-likeness (QED) is 0.447. The maximum Gasteiger partial charge on any atom is -0.0386 e. The van der Waals surface area contributed by atoms with Gasteiger partial charge in [-0.05, 0) is 6.42 Å². The van der Waals surface area contributed by atoms with E-state index in [0.717, 1.165) is 12.8 Å². The molecule has 0 amide bonds. The molecule has 0 aliphatic heterocycles. The lowest BCUT2D eigenvalue weighted by atomic mass is 10.1. The van der Waals surface area contributed by atoms with Crippen LogP contribution in [0, 0.1) is 20.3 Å². The van der Waals surface area contributed by atoms with Crippen LogP contribution < -0.4 is 0 Å². The number of hydrogen-bond acceptors (Lipinski definition) is 0. The standard InChI is InChI=1S/C12H23/c1-3-5-7-9-11-12-10-8-6-4-2/h7H,1-6,8-12H2. The molecule has 0 aromatic heterocycles. The van der Waals surface area contributed by atoms with E-state index in [-0.39, 0.29) is 0 Å². The minimum atomic E-state index is 1.06. The van der Waals surface area contributed by atoms with Crippen molar-refractivity contribution >= 4 is 0 Å². The Morgan fingerprint density at radius 3 is 2.00 bits per heavy atom. The Kier molecular flexibility index (Phi) is 11.0. The molecule has 0 saturated heterocycles. The summed E-state index contributed by atoms with van der Waals surface area (Å²) in [6.07, 6.45) is 13.9. The first kappa shape index (κ1) is 12.0. The molecular formula is C12H23. The molecule has 0 aromatic rings. The van der Waals surface area contributed by atoms with Crippen LogP contribution in [0.3, 0.4) is 0 Å². The lowest BCUT2D eigenvalue weighted by Crippen LogP contribution is -1.81. The molecule has 0 unspecified atom stereocenters. The first-order chi connectivity index (χ1) is 5.91. The van der Waals surface area contributed by atoms with E-state index in [0.29, 0.717) is 0 Å². The average Bonchev–Trinajstić information content (AvgIpc) is 2.10. The fourth-order valence-electron chi connectivity index (χ4n) is 1.28. The van der Waals surface area contributed by atoms with Crippen LogP contribution >= 0.6 is 0 Å². The van der Waals surface area contributed by atoms with E-state index in [9.17, 15) is 0 Å². The predicted molar refractivity (Wildman–Crippen MR) is 56.6 cm³/mol. The van der Waals surface area contributed by atoms with Gasteiger partial charge in [0.1, 0.15) is 0 Å². The van der Waals surface area contributed by atoms with E-state index in [4.69, 9.17) is 0 Å². The molecule has 0 spiro atoms. The highest BCUT2D eigenvalue weighted by Crippen LogP contribution is 2.09. The van der Waals surface area contributed by atoms with Gasteiger partial charge in [0.15, 0.2) is 0 Å². The Balaban J connectivity index is 2.73. The van der Waals surface area contributed by atoms with Crippen LogP contribution in [-0.4, -0.2) is 0 Å². The summed E-state index contributed by atoms with van der Waals surface area (Å²) in [6, 6.07) is 0. The van der Waals surface area contributed by atoms with Crippen molar-refractivity contribution in [2.45, 2.75) is 57.8 Å². The van der Waals surface area contributed by atoms with Crippen LogP contribution in [0.4, 0.5) is 0 Å². The van der Waals surface area contributed by atoms with Gasteiger partial charge in [-0.3, -0.25) is 0 Å². The first-order valence-electron chi connectivity index (χ1n) is 5.32. The molecule has 0 N–H and O–H groups in total. The number of hydrogen-bond donors (Lipinski definition) is 0. The van der Waals surface area contributed by atoms with Gasteiger partial charge in [0, 0.05) is 0 Å². The topological polar surface area (TPSA) is 0 Å². The predicted octanol–water partition coefficient (Wildman–Crippen LogP) is 4.37. The van der Waals surface area contributed by atoms with Crippen LogP contribution in [-0.2, 0) is 0 Å². The fraction of sp³-hybridized carbons (Fsp3) is 0.750. The third kappa shape index (κ3) is 10.0. The van der Waals surface area contributed by atoms with Gasteiger partial charge < -0.3 is 0 Å². The van der Waals surface area contributed by atoms with Gasteiger partial charge in [-0.1, -0.05) is 71.6 Å². The molecule has 0 fully saturated rings. The SMILES string of the molecule is [CH2]CC[CH]CCCCCCC[CH2]. The van der Waals surface area contributed by atoms with E-state index < -0.39 is 0 Å². The zero-order chi connectivity index (χ0) is 9.07. The molecule has 0 atom stereocenters. The molecule has 3 radical (unpaired) electrons. The Bertz CT molecular complexity index is 56.4. The molecule has 0 aromatic carbocycles. The number of unbranched alkanes of at least 4 members (excludes halogenated alkanes) is 9. The molecule has 0 rings (SSSR count). The molecular weight excluding hydrogens is 144 g/mol. The summed E-state index contributed by atoms with van der Waals surface area (Å²) in [4.78, 5) is 0. The van der Waals surface area contributed by atoms with Crippen molar-refractivity contribution in [1.82, 2.24) is 0 Å². The maximum atomic E-state index is 3.83. The second kappa shape index (κ2) is 11.0. The van der Waals surface area contributed by atoms with Crippen molar-refractivity contribution < 1.29 is 0 Å². The van der Waals surface area contributed by atoms with E-state index in [1.807, 2.05) is 0 Å². The summed E-state index contributed by atoms with van der Waals surface area (Å²) in [6.45, 7) is 7.64. The van der Waals surface area contributed by atoms with Crippen LogP contribution in [0.15, 0.2) is 0 Å². The fourth-order valence-corrected chi connectivity index (χ4v) is 1.28. The Hall–Kier alpha value is 0. The second-order valence-electron chi connectivity index (χ2n) is 3.34. The van der Waals surface area contributed by atoms with Crippen molar-refractivity contribution in [3.63, 3.8) is 0 Å². The molecule has 0 aliphatic carbocycles. The minimum absolute atomic E-state index is 1.06. The maximum absolute atomic E-state index is 3.83. The van der Waals surface area contributed by atoms with Gasteiger partial charge in [-0.2, -0.15) is 0 Å². The van der Waals surface area contributed by atoms with E-state index in [2.05, 4.69) is 20.3 Å². The highest BCUT2D eigenvalue weighted by Gasteiger charge is 1.90.